The molecule has 0 saturated carbocycles. The molecule has 1 aliphatic rings. The molecule has 1 saturated heterocycles. The van der Waals surface area contributed by atoms with E-state index in [1.807, 2.05) is 6.07 Å². The van der Waals surface area contributed by atoms with Gasteiger partial charge in [-0.1, -0.05) is 6.07 Å². The lowest BCUT2D eigenvalue weighted by Gasteiger charge is -2.31. The first-order valence-electron chi connectivity index (χ1n) is 6.40. The third kappa shape index (κ3) is 3.17. The van der Waals surface area contributed by atoms with Crippen LogP contribution in [0.4, 0.5) is 0 Å². The molecule has 1 amide bonds. The minimum atomic E-state index is -3.03. The van der Waals surface area contributed by atoms with E-state index in [1.165, 1.54) is 6.26 Å². The monoisotopic (exact) mass is 292 g/mol. The van der Waals surface area contributed by atoms with Crippen molar-refractivity contribution in [2.24, 2.45) is 0 Å². The van der Waals surface area contributed by atoms with Crippen LogP contribution in [0.5, 0.6) is 0 Å². The van der Waals surface area contributed by atoms with E-state index < -0.39 is 9.84 Å². The van der Waals surface area contributed by atoms with Gasteiger partial charge in [0, 0.05) is 24.9 Å². The van der Waals surface area contributed by atoms with Crippen molar-refractivity contribution in [2.45, 2.75) is 18.1 Å². The molecule has 1 aliphatic heterocycles. The molecule has 1 aromatic carbocycles. The highest BCUT2D eigenvalue weighted by molar-refractivity contribution is 7.91. The lowest BCUT2D eigenvalue weighted by atomic mass is 10.1. The Morgan fingerprint density at radius 3 is 2.55 bits per heavy atom. The largest absolute Gasteiger partial charge is 0.339 e. The van der Waals surface area contributed by atoms with Crippen LogP contribution in [0.25, 0.3) is 0 Å². The summed E-state index contributed by atoms with van der Waals surface area (Å²) in [6, 6.07) is 8.56. The lowest BCUT2D eigenvalue weighted by molar-refractivity contribution is 0.0725. The predicted molar refractivity (Wildman–Crippen MR) is 74.9 cm³/mol. The van der Waals surface area contributed by atoms with Crippen molar-refractivity contribution in [3.8, 4) is 6.07 Å². The molecule has 20 heavy (non-hydrogen) atoms. The van der Waals surface area contributed by atoms with Crippen molar-refractivity contribution in [2.75, 3.05) is 19.3 Å². The number of amides is 1. The van der Waals surface area contributed by atoms with E-state index >= 15 is 0 Å². The third-order valence-corrected chi connectivity index (χ3v) is 5.26. The number of piperidine rings is 1. The van der Waals surface area contributed by atoms with Crippen molar-refractivity contribution >= 4 is 15.7 Å². The number of hydrogen-bond donors (Lipinski definition) is 0. The summed E-state index contributed by atoms with van der Waals surface area (Å²) in [4.78, 5) is 13.9. The number of carbonyl (C=O) groups is 1. The molecule has 0 atom stereocenters. The van der Waals surface area contributed by atoms with Gasteiger partial charge < -0.3 is 4.90 Å². The highest BCUT2D eigenvalue weighted by Gasteiger charge is 2.29. The second kappa shape index (κ2) is 5.63. The molecule has 1 aromatic rings. The number of carbonyl (C=O) groups excluding carboxylic acids is 1. The second-order valence-corrected chi connectivity index (χ2v) is 7.34. The molecule has 5 nitrogen and oxygen atoms in total. The van der Waals surface area contributed by atoms with Crippen LogP contribution in [-0.4, -0.2) is 43.8 Å². The second-order valence-electron chi connectivity index (χ2n) is 5.01. The molecule has 0 aliphatic carbocycles. The molecular formula is C14H16N2O3S. The molecule has 106 valence electrons. The van der Waals surface area contributed by atoms with Crippen LogP contribution in [0.3, 0.4) is 0 Å². The molecule has 0 spiro atoms. The maximum absolute atomic E-state index is 12.3. The van der Waals surface area contributed by atoms with E-state index in [2.05, 4.69) is 0 Å². The normalized spacial score (nSPS) is 16.7. The first-order valence-corrected chi connectivity index (χ1v) is 8.35. The zero-order valence-corrected chi connectivity index (χ0v) is 12.1. The van der Waals surface area contributed by atoms with Crippen LogP contribution in [0.1, 0.15) is 28.8 Å². The number of rotatable bonds is 2. The summed E-state index contributed by atoms with van der Waals surface area (Å²) in [5.74, 6) is -0.144. The number of nitriles is 1. The minimum absolute atomic E-state index is 0.144. The smallest absolute Gasteiger partial charge is 0.253 e. The third-order valence-electron chi connectivity index (χ3n) is 3.57. The molecule has 1 fully saturated rings. The van der Waals surface area contributed by atoms with Gasteiger partial charge in [-0.3, -0.25) is 4.79 Å². The number of nitrogens with zero attached hydrogens (tertiary/aromatic N) is 2. The summed E-state index contributed by atoms with van der Waals surface area (Å²) in [7, 11) is -3.03. The van der Waals surface area contributed by atoms with E-state index in [4.69, 9.17) is 5.26 Å². The maximum atomic E-state index is 12.3. The number of likely N-dealkylation sites (tertiary alicyclic amines) is 1. The van der Waals surface area contributed by atoms with Crippen molar-refractivity contribution in [1.82, 2.24) is 4.90 Å². The van der Waals surface area contributed by atoms with Gasteiger partial charge >= 0.3 is 0 Å². The van der Waals surface area contributed by atoms with Gasteiger partial charge in [-0.15, -0.1) is 0 Å². The van der Waals surface area contributed by atoms with Crippen LogP contribution in [0.2, 0.25) is 0 Å². The summed E-state index contributed by atoms with van der Waals surface area (Å²) in [6.07, 6.45) is 2.19. The Hall–Kier alpha value is -1.87. The predicted octanol–water partition coefficient (Wildman–Crippen LogP) is 1.21. The highest BCUT2D eigenvalue weighted by Crippen LogP contribution is 2.19. The number of hydrogen-bond acceptors (Lipinski definition) is 4. The quantitative estimate of drug-likeness (QED) is 0.820. The Morgan fingerprint density at radius 2 is 2.00 bits per heavy atom. The molecular weight excluding hydrogens is 276 g/mol. The Kier molecular flexibility index (Phi) is 4.09. The first-order chi connectivity index (χ1) is 9.41. The van der Waals surface area contributed by atoms with Gasteiger partial charge in [-0.05, 0) is 31.0 Å². The van der Waals surface area contributed by atoms with Crippen LogP contribution in [-0.2, 0) is 9.84 Å². The van der Waals surface area contributed by atoms with Crippen molar-refractivity contribution in [3.63, 3.8) is 0 Å². The van der Waals surface area contributed by atoms with Gasteiger partial charge in [0.15, 0.2) is 0 Å². The summed E-state index contributed by atoms with van der Waals surface area (Å²) >= 11 is 0. The summed E-state index contributed by atoms with van der Waals surface area (Å²) < 4.78 is 23.0. The molecule has 1 heterocycles. The van der Waals surface area contributed by atoms with Gasteiger partial charge in [-0.25, -0.2) is 8.42 Å². The van der Waals surface area contributed by atoms with E-state index in [0.29, 0.717) is 37.1 Å². The molecule has 0 bridgehead atoms. The zero-order valence-electron chi connectivity index (χ0n) is 11.2. The van der Waals surface area contributed by atoms with Crippen molar-refractivity contribution in [3.05, 3.63) is 35.4 Å². The summed E-state index contributed by atoms with van der Waals surface area (Å²) in [5, 5.41) is 8.49. The number of sulfone groups is 1. The average Bonchev–Trinajstić information content (AvgIpc) is 2.46. The van der Waals surface area contributed by atoms with Crippen LogP contribution >= 0.6 is 0 Å². The Bertz CT molecular complexity index is 653. The zero-order chi connectivity index (χ0) is 14.8. The van der Waals surface area contributed by atoms with Crippen LogP contribution in [0.15, 0.2) is 24.3 Å². The van der Waals surface area contributed by atoms with Gasteiger partial charge in [0.05, 0.1) is 16.9 Å². The fraction of sp³-hybridized carbons (Fsp3) is 0.429. The SMILES string of the molecule is CS(=O)(=O)C1CCN(C(=O)c2cccc(C#N)c2)CC1. The topological polar surface area (TPSA) is 78.2 Å². The number of benzene rings is 1. The fourth-order valence-corrected chi connectivity index (χ4v) is 3.46. The van der Waals surface area contributed by atoms with Crippen molar-refractivity contribution in [1.29, 1.82) is 5.26 Å². The lowest BCUT2D eigenvalue weighted by Crippen LogP contribution is -2.42. The Balaban J connectivity index is 2.07. The van der Waals surface area contributed by atoms with Gasteiger partial charge in [0.1, 0.15) is 9.84 Å². The van der Waals surface area contributed by atoms with E-state index in [0.717, 1.165) is 0 Å². The van der Waals surface area contributed by atoms with Gasteiger partial charge in [0.2, 0.25) is 0 Å². The first kappa shape index (κ1) is 14.5. The molecule has 0 aromatic heterocycles. The fourth-order valence-electron chi connectivity index (χ4n) is 2.39. The molecule has 0 radical (unpaired) electrons. The molecule has 0 N–H and O–H groups in total. The van der Waals surface area contributed by atoms with Crippen LogP contribution < -0.4 is 0 Å². The van der Waals surface area contributed by atoms with E-state index in [1.54, 1.807) is 29.2 Å². The maximum Gasteiger partial charge on any atom is 0.253 e. The Morgan fingerprint density at radius 1 is 1.35 bits per heavy atom. The van der Waals surface area contributed by atoms with E-state index in [-0.39, 0.29) is 11.2 Å². The summed E-state index contributed by atoms with van der Waals surface area (Å²) in [6.45, 7) is 0.876. The molecule has 0 unspecified atom stereocenters. The van der Waals surface area contributed by atoms with Gasteiger partial charge in [0.25, 0.3) is 5.91 Å². The Labute approximate surface area is 118 Å². The summed E-state index contributed by atoms with van der Waals surface area (Å²) in [5.41, 5.74) is 0.920. The standard InChI is InChI=1S/C14H16N2O3S/c1-20(18,19)13-5-7-16(8-6-13)14(17)12-4-2-3-11(9-12)10-15/h2-4,9,13H,5-8H2,1H3. The highest BCUT2D eigenvalue weighted by atomic mass is 32.2. The van der Waals surface area contributed by atoms with Gasteiger partial charge in [-0.2, -0.15) is 5.26 Å². The average molecular weight is 292 g/mol. The molecule has 6 heteroatoms. The van der Waals surface area contributed by atoms with Crippen molar-refractivity contribution < 1.29 is 13.2 Å². The van der Waals surface area contributed by atoms with Crippen LogP contribution in [0, 0.1) is 11.3 Å². The minimum Gasteiger partial charge on any atom is -0.339 e. The van der Waals surface area contributed by atoms with E-state index in [9.17, 15) is 13.2 Å². The molecule has 2 rings (SSSR count).